The number of urea groups is 1. The molecule has 2 amide bonds. The van der Waals surface area contributed by atoms with Crippen LogP contribution in [0.25, 0.3) is 0 Å². The molecule has 41 heavy (non-hydrogen) atoms. The van der Waals surface area contributed by atoms with Crippen LogP contribution in [0, 0.1) is 23.7 Å². The van der Waals surface area contributed by atoms with Crippen molar-refractivity contribution in [1.82, 2.24) is 15.5 Å². The number of aliphatic hydroxyl groups is 1. The zero-order chi connectivity index (χ0) is 28.8. The third kappa shape index (κ3) is 7.38. The number of carbonyl (C=O) groups is 1. The minimum Gasteiger partial charge on any atom is -0.494 e. The van der Waals surface area contributed by atoms with Crippen LogP contribution < -0.4 is 29.9 Å². The molecular weight excluding hydrogens is 518 g/mol. The Balaban J connectivity index is 0.000000174. The van der Waals surface area contributed by atoms with Gasteiger partial charge in [-0.05, 0) is 81.1 Å². The van der Waals surface area contributed by atoms with Gasteiger partial charge < -0.3 is 39.9 Å². The number of fused-ring (bicyclic) bond motifs is 2. The molecule has 0 bridgehead atoms. The van der Waals surface area contributed by atoms with Crippen LogP contribution >= 0.6 is 0 Å². The van der Waals surface area contributed by atoms with E-state index in [4.69, 9.17) is 9.47 Å². The zero-order valence-corrected chi connectivity index (χ0v) is 24.8. The summed E-state index contributed by atoms with van der Waals surface area (Å²) in [5.41, 5.74) is 2.56. The number of rotatable bonds is 8. The van der Waals surface area contributed by atoms with Crippen molar-refractivity contribution < 1.29 is 19.4 Å². The van der Waals surface area contributed by atoms with Crippen LogP contribution in [-0.2, 0) is 0 Å². The minimum atomic E-state index is -0.508. The van der Waals surface area contributed by atoms with Crippen molar-refractivity contribution in [1.29, 1.82) is 0 Å². The Morgan fingerprint density at radius 1 is 0.805 bits per heavy atom. The molecule has 4 heterocycles. The monoisotopic (exact) mass is 565 g/mol. The summed E-state index contributed by atoms with van der Waals surface area (Å²) in [7, 11) is 0. The topological polar surface area (TPSA) is 89.5 Å². The SMILES string of the molecule is CCOc1ccc(N2C[C@H]3CN(C(=O)NC[C@@H](C)O)C[C@H]3C2)cc1.CCOc1ccc(N2C[C@H]3CNC[C@H]3C2)cc1. The van der Waals surface area contributed by atoms with Crippen molar-refractivity contribution in [3.8, 4) is 11.5 Å². The Bertz CT molecular complexity index is 1090. The maximum absolute atomic E-state index is 12.1. The molecule has 0 aliphatic carbocycles. The van der Waals surface area contributed by atoms with E-state index in [2.05, 4.69) is 56.8 Å². The molecule has 4 aliphatic rings. The van der Waals surface area contributed by atoms with Gasteiger partial charge in [-0.25, -0.2) is 4.79 Å². The van der Waals surface area contributed by atoms with E-state index in [0.717, 1.165) is 56.1 Å². The molecule has 9 heteroatoms. The fraction of sp³-hybridized carbons (Fsp3) is 0.594. The number of hydrogen-bond acceptors (Lipinski definition) is 7. The molecule has 0 saturated carbocycles. The van der Waals surface area contributed by atoms with Crippen molar-refractivity contribution in [3.05, 3.63) is 48.5 Å². The van der Waals surface area contributed by atoms with Gasteiger partial charge in [0.2, 0.25) is 0 Å². The maximum atomic E-state index is 12.1. The number of hydrogen-bond donors (Lipinski definition) is 3. The third-order valence-electron chi connectivity index (χ3n) is 8.74. The van der Waals surface area contributed by atoms with Gasteiger partial charge in [0.1, 0.15) is 11.5 Å². The van der Waals surface area contributed by atoms with Gasteiger partial charge in [0.05, 0.1) is 19.3 Å². The van der Waals surface area contributed by atoms with Crippen molar-refractivity contribution >= 4 is 17.4 Å². The van der Waals surface area contributed by atoms with Crippen LogP contribution in [0.3, 0.4) is 0 Å². The number of nitrogens with one attached hydrogen (secondary N) is 2. The lowest BCUT2D eigenvalue weighted by Gasteiger charge is -2.23. The molecule has 2 aromatic rings. The van der Waals surface area contributed by atoms with Gasteiger partial charge >= 0.3 is 6.03 Å². The normalized spacial score (nSPS) is 25.3. The van der Waals surface area contributed by atoms with Crippen LogP contribution in [0.5, 0.6) is 11.5 Å². The van der Waals surface area contributed by atoms with E-state index < -0.39 is 6.10 Å². The van der Waals surface area contributed by atoms with Crippen LogP contribution in [0.2, 0.25) is 0 Å². The summed E-state index contributed by atoms with van der Waals surface area (Å²) in [4.78, 5) is 18.9. The summed E-state index contributed by atoms with van der Waals surface area (Å²) in [6, 6.07) is 16.7. The van der Waals surface area contributed by atoms with E-state index >= 15 is 0 Å². The minimum absolute atomic E-state index is 0.0575. The third-order valence-corrected chi connectivity index (χ3v) is 8.74. The van der Waals surface area contributed by atoms with E-state index in [1.165, 1.54) is 37.6 Å². The highest BCUT2D eigenvalue weighted by molar-refractivity contribution is 5.74. The highest BCUT2D eigenvalue weighted by Gasteiger charge is 2.41. The predicted octanol–water partition coefficient (Wildman–Crippen LogP) is 3.28. The maximum Gasteiger partial charge on any atom is 0.317 e. The summed E-state index contributed by atoms with van der Waals surface area (Å²) in [5, 5.41) is 15.5. The second-order valence-corrected chi connectivity index (χ2v) is 11.8. The molecule has 4 aliphatic heterocycles. The molecule has 5 atom stereocenters. The lowest BCUT2D eigenvalue weighted by molar-refractivity contribution is 0.175. The molecule has 9 nitrogen and oxygen atoms in total. The van der Waals surface area contributed by atoms with Crippen molar-refractivity contribution in [2.75, 3.05) is 81.9 Å². The lowest BCUT2D eigenvalue weighted by Crippen LogP contribution is -2.42. The van der Waals surface area contributed by atoms with E-state index in [1.807, 2.05) is 30.9 Å². The molecular formula is C32H47N5O4. The lowest BCUT2D eigenvalue weighted by atomic mass is 10.0. The second-order valence-electron chi connectivity index (χ2n) is 11.8. The van der Waals surface area contributed by atoms with Crippen molar-refractivity contribution in [2.45, 2.75) is 26.9 Å². The molecule has 224 valence electrons. The van der Waals surface area contributed by atoms with Gasteiger partial charge in [0, 0.05) is 82.1 Å². The quantitative estimate of drug-likeness (QED) is 0.453. The number of anilines is 2. The first-order chi connectivity index (χ1) is 19.9. The molecule has 0 aromatic heterocycles. The first kappa shape index (κ1) is 29.3. The first-order valence-corrected chi connectivity index (χ1v) is 15.3. The van der Waals surface area contributed by atoms with E-state index in [0.29, 0.717) is 25.0 Å². The van der Waals surface area contributed by atoms with Crippen molar-refractivity contribution in [2.24, 2.45) is 23.7 Å². The first-order valence-electron chi connectivity index (χ1n) is 15.3. The molecule has 0 spiro atoms. The zero-order valence-electron chi connectivity index (χ0n) is 24.8. The second kappa shape index (κ2) is 13.7. The smallest absolute Gasteiger partial charge is 0.317 e. The van der Waals surface area contributed by atoms with Gasteiger partial charge in [0.15, 0.2) is 0 Å². The average Bonchev–Trinajstić information content (AvgIpc) is 3.74. The summed E-state index contributed by atoms with van der Waals surface area (Å²) in [6.45, 7) is 15.7. The van der Waals surface area contributed by atoms with Gasteiger partial charge in [-0.3, -0.25) is 0 Å². The number of ether oxygens (including phenoxy) is 2. The summed E-state index contributed by atoms with van der Waals surface area (Å²) in [6.07, 6.45) is -0.508. The van der Waals surface area contributed by atoms with Crippen LogP contribution in [0.1, 0.15) is 20.8 Å². The molecule has 4 saturated heterocycles. The number of carbonyl (C=O) groups excluding carboxylic acids is 1. The Morgan fingerprint density at radius 2 is 1.24 bits per heavy atom. The summed E-state index contributed by atoms with van der Waals surface area (Å²) >= 11 is 0. The number of nitrogens with zero attached hydrogens (tertiary/aromatic N) is 3. The van der Waals surface area contributed by atoms with Gasteiger partial charge in [-0.1, -0.05) is 0 Å². The van der Waals surface area contributed by atoms with Crippen LogP contribution in [-0.4, -0.2) is 94.3 Å². The highest BCUT2D eigenvalue weighted by atomic mass is 16.5. The van der Waals surface area contributed by atoms with Gasteiger partial charge in [0.25, 0.3) is 0 Å². The fourth-order valence-electron chi connectivity index (χ4n) is 6.62. The van der Waals surface area contributed by atoms with Crippen LogP contribution in [0.4, 0.5) is 16.2 Å². The fourth-order valence-corrected chi connectivity index (χ4v) is 6.62. The van der Waals surface area contributed by atoms with E-state index in [9.17, 15) is 9.90 Å². The predicted molar refractivity (Wildman–Crippen MR) is 163 cm³/mol. The number of amides is 2. The Labute approximate surface area is 244 Å². The molecule has 4 fully saturated rings. The van der Waals surface area contributed by atoms with Crippen LogP contribution in [0.15, 0.2) is 48.5 Å². The number of likely N-dealkylation sites (tertiary alicyclic amines) is 1. The molecule has 0 unspecified atom stereocenters. The molecule has 2 aromatic carbocycles. The highest BCUT2D eigenvalue weighted by Crippen LogP contribution is 2.35. The van der Waals surface area contributed by atoms with Crippen molar-refractivity contribution in [3.63, 3.8) is 0 Å². The summed E-state index contributed by atoms with van der Waals surface area (Å²) in [5.74, 6) is 4.62. The number of aliphatic hydroxyl groups excluding tert-OH is 1. The standard InChI is InChI=1S/C18H27N3O3.C14H20N2O/c1-3-24-17-6-4-16(5-7-17)20-9-14-11-21(12-15(14)10-20)18(23)19-8-13(2)22;1-2-17-14-5-3-13(4-6-14)16-9-11-7-15-8-12(11)10-16/h4-7,13-15,22H,3,8-12H2,1-2H3,(H,19,23);3-6,11-12,15H,2,7-10H2,1H3/t13-,14-,15+;11-,12+/m1./s1. The Kier molecular flexibility index (Phi) is 9.77. The molecule has 0 radical (unpaired) electrons. The van der Waals surface area contributed by atoms with E-state index in [1.54, 1.807) is 6.92 Å². The van der Waals surface area contributed by atoms with Gasteiger partial charge in [-0.15, -0.1) is 0 Å². The van der Waals surface area contributed by atoms with E-state index in [-0.39, 0.29) is 6.03 Å². The largest absolute Gasteiger partial charge is 0.494 e. The molecule has 3 N–H and O–H groups in total. The molecule has 6 rings (SSSR count). The Morgan fingerprint density at radius 3 is 1.66 bits per heavy atom. The summed E-state index contributed by atoms with van der Waals surface area (Å²) < 4.78 is 11.0. The average molecular weight is 566 g/mol. The Hall–Kier alpha value is -3.17. The van der Waals surface area contributed by atoms with Gasteiger partial charge in [-0.2, -0.15) is 0 Å². The number of benzene rings is 2.